The summed E-state index contributed by atoms with van der Waals surface area (Å²) < 4.78 is 0. The van der Waals surface area contributed by atoms with E-state index in [1.807, 2.05) is 0 Å². The first-order valence-corrected chi connectivity index (χ1v) is 9.28. The van der Waals surface area contributed by atoms with Gasteiger partial charge in [0.15, 0.2) is 5.96 Å². The molecule has 0 amide bonds. The molecule has 0 aromatic rings. The quantitative estimate of drug-likeness (QED) is 0.464. The Kier molecular flexibility index (Phi) is 7.88. The van der Waals surface area contributed by atoms with Gasteiger partial charge in [-0.15, -0.1) is 0 Å². The molecule has 4 nitrogen and oxygen atoms in total. The number of thioether (sulfide) groups is 1. The molecule has 0 saturated carbocycles. The van der Waals surface area contributed by atoms with Gasteiger partial charge < -0.3 is 15.5 Å². The van der Waals surface area contributed by atoms with Crippen LogP contribution in [-0.4, -0.2) is 60.1 Å². The van der Waals surface area contributed by atoms with Crippen LogP contribution >= 0.6 is 11.8 Å². The van der Waals surface area contributed by atoms with E-state index < -0.39 is 0 Å². The van der Waals surface area contributed by atoms with Crippen LogP contribution in [0.3, 0.4) is 0 Å². The minimum atomic E-state index is 0.165. The van der Waals surface area contributed by atoms with Gasteiger partial charge in [-0.1, -0.05) is 13.8 Å². The molecule has 0 spiro atoms. The highest BCUT2D eigenvalue weighted by atomic mass is 32.2. The van der Waals surface area contributed by atoms with Crippen LogP contribution in [0.4, 0.5) is 0 Å². The van der Waals surface area contributed by atoms with E-state index in [4.69, 9.17) is 4.99 Å². The molecule has 0 radical (unpaired) electrons. The fourth-order valence-electron chi connectivity index (χ4n) is 2.29. The van der Waals surface area contributed by atoms with Gasteiger partial charge in [0.25, 0.3) is 0 Å². The third-order valence-corrected chi connectivity index (χ3v) is 5.04. The first-order chi connectivity index (χ1) is 9.83. The molecule has 21 heavy (non-hydrogen) atoms. The van der Waals surface area contributed by atoms with Crippen molar-refractivity contribution in [2.45, 2.75) is 52.3 Å². The summed E-state index contributed by atoms with van der Waals surface area (Å²) in [5.41, 5.74) is 0.165. The molecule has 124 valence electrons. The first-order valence-electron chi connectivity index (χ1n) is 8.23. The lowest BCUT2D eigenvalue weighted by Crippen LogP contribution is -2.49. The number of hydrogen-bond donors (Lipinski definition) is 2. The number of aliphatic imine (C=N–C) groups is 1. The van der Waals surface area contributed by atoms with Crippen molar-refractivity contribution in [2.75, 3.05) is 38.5 Å². The topological polar surface area (TPSA) is 39.7 Å². The predicted octanol–water partition coefficient (Wildman–Crippen LogP) is 2.41. The van der Waals surface area contributed by atoms with Crippen molar-refractivity contribution >= 4 is 17.7 Å². The number of rotatable bonds is 5. The Balaban J connectivity index is 2.54. The summed E-state index contributed by atoms with van der Waals surface area (Å²) >= 11 is 2.11. The number of hydrogen-bond acceptors (Lipinski definition) is 3. The zero-order valence-electron chi connectivity index (χ0n) is 14.7. The Morgan fingerprint density at radius 2 is 2.10 bits per heavy atom. The van der Waals surface area contributed by atoms with E-state index in [1.54, 1.807) is 0 Å². The van der Waals surface area contributed by atoms with Crippen LogP contribution in [0.2, 0.25) is 0 Å². The van der Waals surface area contributed by atoms with E-state index in [9.17, 15) is 0 Å². The molecule has 1 unspecified atom stereocenters. The summed E-state index contributed by atoms with van der Waals surface area (Å²) in [5, 5.41) is 7.66. The molecular formula is C16H34N4S. The zero-order chi connectivity index (χ0) is 15.9. The van der Waals surface area contributed by atoms with Crippen molar-refractivity contribution in [3.8, 4) is 0 Å². The third-order valence-electron chi connectivity index (χ3n) is 3.50. The maximum Gasteiger partial charge on any atom is 0.194 e. The number of nitrogens with zero attached hydrogens (tertiary/aromatic N) is 2. The second-order valence-corrected chi connectivity index (χ2v) is 8.36. The Labute approximate surface area is 135 Å². The van der Waals surface area contributed by atoms with Crippen molar-refractivity contribution in [3.63, 3.8) is 0 Å². The van der Waals surface area contributed by atoms with Crippen molar-refractivity contribution < 1.29 is 0 Å². The SMILES string of the molecule is CCNC(=NCCNC(C)(C)C)N1CCSC(C(C)C)C1. The van der Waals surface area contributed by atoms with Crippen molar-refractivity contribution in [3.05, 3.63) is 0 Å². The van der Waals surface area contributed by atoms with Gasteiger partial charge in [-0.2, -0.15) is 11.8 Å². The molecular weight excluding hydrogens is 280 g/mol. The van der Waals surface area contributed by atoms with Crippen LogP contribution in [0.25, 0.3) is 0 Å². The monoisotopic (exact) mass is 314 g/mol. The second kappa shape index (κ2) is 8.89. The highest BCUT2D eigenvalue weighted by molar-refractivity contribution is 8.00. The lowest BCUT2D eigenvalue weighted by Gasteiger charge is -2.36. The average molecular weight is 315 g/mol. The maximum atomic E-state index is 4.79. The highest BCUT2D eigenvalue weighted by Gasteiger charge is 2.24. The molecule has 0 aromatic carbocycles. The fraction of sp³-hybridized carbons (Fsp3) is 0.938. The Hall–Kier alpha value is -0.420. The molecule has 1 atom stereocenters. The standard InChI is InChI=1S/C16H34N4S/c1-7-17-15(18-8-9-19-16(4,5)6)20-10-11-21-14(12-20)13(2)3/h13-14,19H,7-12H2,1-6H3,(H,17,18). The Morgan fingerprint density at radius 3 is 2.67 bits per heavy atom. The minimum Gasteiger partial charge on any atom is -0.357 e. The molecule has 1 aliphatic rings. The Bertz CT molecular complexity index is 323. The summed E-state index contributed by atoms with van der Waals surface area (Å²) in [6.07, 6.45) is 0. The molecule has 1 heterocycles. The molecule has 1 aliphatic heterocycles. The largest absolute Gasteiger partial charge is 0.357 e. The lowest BCUT2D eigenvalue weighted by atomic mass is 10.1. The van der Waals surface area contributed by atoms with Gasteiger partial charge in [-0.3, -0.25) is 4.99 Å². The third kappa shape index (κ3) is 7.41. The van der Waals surface area contributed by atoms with E-state index in [0.717, 1.165) is 49.9 Å². The molecule has 0 bridgehead atoms. The maximum absolute atomic E-state index is 4.79. The molecule has 0 aliphatic carbocycles. The van der Waals surface area contributed by atoms with Gasteiger partial charge in [0.1, 0.15) is 0 Å². The normalized spacial score (nSPS) is 21.0. The van der Waals surface area contributed by atoms with Crippen molar-refractivity contribution in [1.82, 2.24) is 15.5 Å². The van der Waals surface area contributed by atoms with Gasteiger partial charge >= 0.3 is 0 Å². The molecule has 2 N–H and O–H groups in total. The van der Waals surface area contributed by atoms with Crippen LogP contribution in [0, 0.1) is 5.92 Å². The van der Waals surface area contributed by atoms with E-state index >= 15 is 0 Å². The van der Waals surface area contributed by atoms with Gasteiger partial charge in [0.05, 0.1) is 6.54 Å². The smallest absolute Gasteiger partial charge is 0.194 e. The van der Waals surface area contributed by atoms with E-state index in [2.05, 4.69) is 68.8 Å². The van der Waals surface area contributed by atoms with Gasteiger partial charge in [-0.05, 0) is 33.6 Å². The van der Waals surface area contributed by atoms with Gasteiger partial charge in [-0.25, -0.2) is 0 Å². The minimum absolute atomic E-state index is 0.165. The van der Waals surface area contributed by atoms with Crippen molar-refractivity contribution in [1.29, 1.82) is 0 Å². The van der Waals surface area contributed by atoms with E-state index in [-0.39, 0.29) is 5.54 Å². The number of guanidine groups is 1. The zero-order valence-corrected chi connectivity index (χ0v) is 15.5. The molecule has 1 rings (SSSR count). The van der Waals surface area contributed by atoms with E-state index in [0.29, 0.717) is 0 Å². The first kappa shape index (κ1) is 18.6. The molecule has 0 aromatic heterocycles. The van der Waals surface area contributed by atoms with Gasteiger partial charge in [0.2, 0.25) is 0 Å². The van der Waals surface area contributed by atoms with Crippen LogP contribution < -0.4 is 10.6 Å². The Morgan fingerprint density at radius 1 is 1.38 bits per heavy atom. The molecule has 5 heteroatoms. The highest BCUT2D eigenvalue weighted by Crippen LogP contribution is 2.24. The summed E-state index contributed by atoms with van der Waals surface area (Å²) in [4.78, 5) is 7.23. The van der Waals surface area contributed by atoms with Crippen LogP contribution in [0.5, 0.6) is 0 Å². The van der Waals surface area contributed by atoms with E-state index in [1.165, 1.54) is 5.75 Å². The van der Waals surface area contributed by atoms with Crippen LogP contribution in [0.15, 0.2) is 4.99 Å². The summed E-state index contributed by atoms with van der Waals surface area (Å²) in [6, 6.07) is 0. The second-order valence-electron chi connectivity index (χ2n) is 7.01. The predicted molar refractivity (Wildman–Crippen MR) is 96.4 cm³/mol. The number of nitrogens with one attached hydrogen (secondary N) is 2. The summed E-state index contributed by atoms with van der Waals surface area (Å²) in [7, 11) is 0. The van der Waals surface area contributed by atoms with Crippen LogP contribution in [0.1, 0.15) is 41.5 Å². The average Bonchev–Trinajstić information content (AvgIpc) is 2.41. The van der Waals surface area contributed by atoms with Gasteiger partial charge in [0, 0.05) is 42.7 Å². The fourth-order valence-corrected chi connectivity index (χ4v) is 3.59. The summed E-state index contributed by atoms with van der Waals surface area (Å²) in [6.45, 7) is 18.3. The van der Waals surface area contributed by atoms with Crippen molar-refractivity contribution in [2.24, 2.45) is 10.9 Å². The summed E-state index contributed by atoms with van der Waals surface area (Å²) in [5.74, 6) is 3.01. The molecule has 1 saturated heterocycles. The van der Waals surface area contributed by atoms with Crippen LogP contribution in [-0.2, 0) is 0 Å². The molecule has 1 fully saturated rings. The lowest BCUT2D eigenvalue weighted by molar-refractivity contribution is 0.379.